The molecule has 71 valence electrons. The summed E-state index contributed by atoms with van der Waals surface area (Å²) in [7, 11) is 1.72. The number of hydrogen-bond donors (Lipinski definition) is 1. The first-order valence-corrected chi connectivity index (χ1v) is 4.58. The van der Waals surface area contributed by atoms with Gasteiger partial charge in [0.2, 0.25) is 0 Å². The van der Waals surface area contributed by atoms with Crippen molar-refractivity contribution in [2.24, 2.45) is 0 Å². The topological polar surface area (TPSA) is 21.3 Å². The van der Waals surface area contributed by atoms with Gasteiger partial charge in [0.05, 0.1) is 6.61 Å². The Balaban J connectivity index is 2.07. The van der Waals surface area contributed by atoms with E-state index < -0.39 is 0 Å². The van der Waals surface area contributed by atoms with E-state index in [-0.39, 0.29) is 0 Å². The largest absolute Gasteiger partial charge is 0.383 e. The molecule has 1 aromatic carbocycles. The quantitative estimate of drug-likeness (QED) is 0.662. The highest BCUT2D eigenvalue weighted by atomic mass is 16.5. The molecule has 0 atom stereocenters. The highest BCUT2D eigenvalue weighted by Crippen LogP contribution is 1.97. The van der Waals surface area contributed by atoms with Gasteiger partial charge in [-0.05, 0) is 24.6 Å². The van der Waals surface area contributed by atoms with E-state index in [1.807, 2.05) is 18.2 Å². The van der Waals surface area contributed by atoms with Gasteiger partial charge in [0.1, 0.15) is 0 Å². The molecule has 0 fully saturated rings. The molecule has 0 spiro atoms. The molecule has 1 rings (SSSR count). The molecule has 0 aromatic heterocycles. The fourth-order valence-electron chi connectivity index (χ4n) is 1.12. The molecule has 2 nitrogen and oxygen atoms in total. The Morgan fingerprint density at radius 3 is 3.08 bits per heavy atom. The number of hydrogen-bond acceptors (Lipinski definition) is 2. The van der Waals surface area contributed by atoms with Gasteiger partial charge in [-0.15, -0.1) is 0 Å². The van der Waals surface area contributed by atoms with Crippen LogP contribution in [0.3, 0.4) is 0 Å². The van der Waals surface area contributed by atoms with Crippen LogP contribution in [0.25, 0.3) is 0 Å². The standard InChI is InChI=1S/C11H16NO/c1-13-10-9-12-8-7-11-5-3-2-4-6-11/h2-3,5-6,12H,7-10H2,1H3. The van der Waals surface area contributed by atoms with Crippen LogP contribution in [0.1, 0.15) is 5.56 Å². The zero-order chi connectivity index (χ0) is 9.36. The smallest absolute Gasteiger partial charge is 0.0587 e. The molecule has 0 unspecified atom stereocenters. The van der Waals surface area contributed by atoms with Crippen molar-refractivity contribution in [1.82, 2.24) is 5.32 Å². The summed E-state index contributed by atoms with van der Waals surface area (Å²) >= 11 is 0. The fraction of sp³-hybridized carbons (Fsp3) is 0.455. The third-order valence-electron chi connectivity index (χ3n) is 1.84. The van der Waals surface area contributed by atoms with Crippen molar-refractivity contribution in [1.29, 1.82) is 0 Å². The first-order valence-electron chi connectivity index (χ1n) is 4.58. The van der Waals surface area contributed by atoms with Crippen LogP contribution in [0.15, 0.2) is 24.3 Å². The summed E-state index contributed by atoms with van der Waals surface area (Å²) in [5.74, 6) is 0. The number of methoxy groups -OCH3 is 1. The average Bonchev–Trinajstić information content (AvgIpc) is 2.19. The molecule has 0 bridgehead atoms. The van der Waals surface area contributed by atoms with Crippen molar-refractivity contribution >= 4 is 0 Å². The second kappa shape index (κ2) is 6.63. The Bertz CT molecular complexity index is 211. The number of nitrogens with one attached hydrogen (secondary N) is 1. The van der Waals surface area contributed by atoms with Crippen LogP contribution in [0.5, 0.6) is 0 Å². The minimum Gasteiger partial charge on any atom is -0.383 e. The number of ether oxygens (including phenoxy) is 1. The Kier molecular flexibility index (Phi) is 5.22. The van der Waals surface area contributed by atoms with Crippen molar-refractivity contribution in [3.63, 3.8) is 0 Å². The van der Waals surface area contributed by atoms with E-state index >= 15 is 0 Å². The molecule has 0 heterocycles. The van der Waals surface area contributed by atoms with Gasteiger partial charge in [0, 0.05) is 13.7 Å². The first-order chi connectivity index (χ1) is 6.43. The van der Waals surface area contributed by atoms with Gasteiger partial charge in [-0.25, -0.2) is 0 Å². The maximum atomic E-state index is 4.93. The molecule has 13 heavy (non-hydrogen) atoms. The first kappa shape index (κ1) is 10.2. The lowest BCUT2D eigenvalue weighted by Crippen LogP contribution is -2.21. The minimum absolute atomic E-state index is 0.779. The van der Waals surface area contributed by atoms with Gasteiger partial charge in [0.15, 0.2) is 0 Å². The SMILES string of the molecule is COCCNCCc1c[c]ccc1. The summed E-state index contributed by atoms with van der Waals surface area (Å²) in [4.78, 5) is 0. The summed E-state index contributed by atoms with van der Waals surface area (Å²) < 4.78 is 4.93. The highest BCUT2D eigenvalue weighted by Gasteiger charge is 1.90. The van der Waals surface area contributed by atoms with E-state index in [9.17, 15) is 0 Å². The van der Waals surface area contributed by atoms with Crippen LogP contribution >= 0.6 is 0 Å². The van der Waals surface area contributed by atoms with Gasteiger partial charge in [-0.2, -0.15) is 0 Å². The van der Waals surface area contributed by atoms with Crippen LogP contribution in [0.2, 0.25) is 0 Å². The van der Waals surface area contributed by atoms with Crippen LogP contribution in [-0.2, 0) is 11.2 Å². The van der Waals surface area contributed by atoms with Crippen molar-refractivity contribution in [3.8, 4) is 0 Å². The lowest BCUT2D eigenvalue weighted by molar-refractivity contribution is 0.199. The normalized spacial score (nSPS) is 10.2. The van der Waals surface area contributed by atoms with Gasteiger partial charge in [-0.3, -0.25) is 0 Å². The molecule has 0 aliphatic heterocycles. The summed E-state index contributed by atoms with van der Waals surface area (Å²) in [5, 5.41) is 3.30. The molecule has 0 aliphatic rings. The van der Waals surface area contributed by atoms with Crippen molar-refractivity contribution < 1.29 is 4.74 Å². The summed E-state index contributed by atoms with van der Waals surface area (Å²) in [6.45, 7) is 2.70. The van der Waals surface area contributed by atoms with E-state index in [0.717, 1.165) is 26.1 Å². The van der Waals surface area contributed by atoms with E-state index in [4.69, 9.17) is 4.74 Å². The molecule has 1 N–H and O–H groups in total. The van der Waals surface area contributed by atoms with Crippen molar-refractivity contribution in [2.45, 2.75) is 6.42 Å². The maximum absolute atomic E-state index is 4.93. The molecular formula is C11H16NO. The summed E-state index contributed by atoms with van der Waals surface area (Å²) in [6.07, 6.45) is 1.06. The zero-order valence-electron chi connectivity index (χ0n) is 8.05. The predicted octanol–water partition coefficient (Wildman–Crippen LogP) is 1.27. The highest BCUT2D eigenvalue weighted by molar-refractivity contribution is 5.13. The Labute approximate surface area is 79.9 Å². The van der Waals surface area contributed by atoms with Gasteiger partial charge in [-0.1, -0.05) is 24.3 Å². The maximum Gasteiger partial charge on any atom is 0.0587 e. The molecule has 1 radical (unpaired) electrons. The second-order valence-corrected chi connectivity index (χ2v) is 2.90. The molecule has 0 aliphatic carbocycles. The summed E-state index contributed by atoms with van der Waals surface area (Å²) in [5.41, 5.74) is 1.33. The molecule has 0 saturated carbocycles. The van der Waals surface area contributed by atoms with E-state index in [0.29, 0.717) is 0 Å². The van der Waals surface area contributed by atoms with Crippen LogP contribution in [0.4, 0.5) is 0 Å². The predicted molar refractivity (Wildman–Crippen MR) is 53.7 cm³/mol. The average molecular weight is 178 g/mol. The van der Waals surface area contributed by atoms with Gasteiger partial charge < -0.3 is 10.1 Å². The van der Waals surface area contributed by atoms with Crippen LogP contribution in [-0.4, -0.2) is 26.8 Å². The van der Waals surface area contributed by atoms with Gasteiger partial charge >= 0.3 is 0 Å². The van der Waals surface area contributed by atoms with Crippen LogP contribution in [0, 0.1) is 6.07 Å². The second-order valence-electron chi connectivity index (χ2n) is 2.90. The molecule has 1 aromatic rings. The van der Waals surface area contributed by atoms with E-state index in [1.165, 1.54) is 5.56 Å². The molecule has 2 heteroatoms. The monoisotopic (exact) mass is 178 g/mol. The third-order valence-corrected chi connectivity index (χ3v) is 1.84. The third kappa shape index (κ3) is 4.65. The van der Waals surface area contributed by atoms with Crippen molar-refractivity contribution in [3.05, 3.63) is 35.9 Å². The molecular weight excluding hydrogens is 162 g/mol. The zero-order valence-corrected chi connectivity index (χ0v) is 8.05. The summed E-state index contributed by atoms with van der Waals surface area (Å²) in [6, 6.07) is 11.1. The Morgan fingerprint density at radius 2 is 2.38 bits per heavy atom. The number of benzene rings is 1. The van der Waals surface area contributed by atoms with Crippen LogP contribution < -0.4 is 5.32 Å². The van der Waals surface area contributed by atoms with E-state index in [1.54, 1.807) is 7.11 Å². The van der Waals surface area contributed by atoms with Gasteiger partial charge in [0.25, 0.3) is 0 Å². The fourth-order valence-corrected chi connectivity index (χ4v) is 1.12. The van der Waals surface area contributed by atoms with E-state index in [2.05, 4.69) is 17.4 Å². The lowest BCUT2D eigenvalue weighted by Gasteiger charge is -2.03. The Morgan fingerprint density at radius 1 is 1.46 bits per heavy atom. The lowest BCUT2D eigenvalue weighted by atomic mass is 10.1. The molecule has 0 saturated heterocycles. The molecule has 0 amide bonds. The minimum atomic E-state index is 0.779. The number of rotatable bonds is 6. The Hall–Kier alpha value is -0.860. The van der Waals surface area contributed by atoms with Crippen molar-refractivity contribution in [2.75, 3.05) is 26.8 Å².